The van der Waals surface area contributed by atoms with Crippen molar-refractivity contribution in [2.45, 2.75) is 39.8 Å². The van der Waals surface area contributed by atoms with Crippen LogP contribution in [0.25, 0.3) is 0 Å². The number of rotatable bonds is 6. The fraction of sp³-hybridized carbons (Fsp3) is 0.353. The van der Waals surface area contributed by atoms with E-state index in [4.69, 9.17) is 16.3 Å². The molecule has 1 N–H and O–H groups in total. The van der Waals surface area contributed by atoms with Gasteiger partial charge >= 0.3 is 0 Å². The van der Waals surface area contributed by atoms with Crippen LogP contribution in [-0.2, 0) is 13.0 Å². The zero-order valence-electron chi connectivity index (χ0n) is 12.7. The van der Waals surface area contributed by atoms with Crippen molar-refractivity contribution < 1.29 is 4.74 Å². The van der Waals surface area contributed by atoms with Gasteiger partial charge in [-0.2, -0.15) is 0 Å². The minimum absolute atomic E-state index is 0.417. The van der Waals surface area contributed by atoms with Crippen molar-refractivity contribution in [3.63, 3.8) is 0 Å². The van der Waals surface area contributed by atoms with Crippen LogP contribution in [0.5, 0.6) is 11.5 Å². The van der Waals surface area contributed by atoms with Crippen molar-refractivity contribution in [3.8, 4) is 11.5 Å². The van der Waals surface area contributed by atoms with Gasteiger partial charge in [-0.25, -0.2) is 0 Å². The third-order valence-electron chi connectivity index (χ3n) is 3.19. The summed E-state index contributed by atoms with van der Waals surface area (Å²) in [5, 5.41) is 4.16. The van der Waals surface area contributed by atoms with E-state index >= 15 is 0 Å². The fourth-order valence-electron chi connectivity index (χ4n) is 1.97. The van der Waals surface area contributed by atoms with Crippen molar-refractivity contribution >= 4 is 11.6 Å². The number of aryl methyl sites for hydroxylation is 1. The van der Waals surface area contributed by atoms with Crippen LogP contribution in [0.15, 0.2) is 36.7 Å². The third kappa shape index (κ3) is 4.45. The minimum atomic E-state index is 0.417. The SMILES string of the molecule is CCc1cc(Oc2ccncc2CNC(C)C)ccc1Cl. The molecule has 1 aromatic carbocycles. The smallest absolute Gasteiger partial charge is 0.134 e. The molecule has 0 atom stereocenters. The second-order valence-electron chi connectivity index (χ2n) is 5.23. The Kier molecular flexibility index (Phi) is 5.59. The van der Waals surface area contributed by atoms with E-state index in [1.807, 2.05) is 30.5 Å². The fourth-order valence-corrected chi connectivity index (χ4v) is 2.22. The minimum Gasteiger partial charge on any atom is -0.457 e. The van der Waals surface area contributed by atoms with Crippen LogP contribution < -0.4 is 10.1 Å². The average molecular weight is 305 g/mol. The highest BCUT2D eigenvalue weighted by Crippen LogP contribution is 2.28. The van der Waals surface area contributed by atoms with E-state index in [1.165, 1.54) is 0 Å². The van der Waals surface area contributed by atoms with Gasteiger partial charge < -0.3 is 10.1 Å². The van der Waals surface area contributed by atoms with Gasteiger partial charge in [0.25, 0.3) is 0 Å². The van der Waals surface area contributed by atoms with Gasteiger partial charge in [-0.3, -0.25) is 4.98 Å². The van der Waals surface area contributed by atoms with Crippen LogP contribution in [0.3, 0.4) is 0 Å². The monoisotopic (exact) mass is 304 g/mol. The van der Waals surface area contributed by atoms with Crippen molar-refractivity contribution in [2.24, 2.45) is 0 Å². The number of aromatic nitrogens is 1. The first kappa shape index (κ1) is 15.8. The van der Waals surface area contributed by atoms with Crippen molar-refractivity contribution in [1.82, 2.24) is 10.3 Å². The van der Waals surface area contributed by atoms with Crippen LogP contribution in [-0.4, -0.2) is 11.0 Å². The highest BCUT2D eigenvalue weighted by atomic mass is 35.5. The molecule has 0 fully saturated rings. The molecular formula is C17H21ClN2O. The molecule has 1 aromatic heterocycles. The maximum absolute atomic E-state index is 6.14. The Morgan fingerprint density at radius 2 is 2.05 bits per heavy atom. The summed E-state index contributed by atoms with van der Waals surface area (Å²) >= 11 is 6.14. The van der Waals surface area contributed by atoms with E-state index in [9.17, 15) is 0 Å². The molecule has 0 unspecified atom stereocenters. The molecule has 0 saturated carbocycles. The number of nitrogens with one attached hydrogen (secondary N) is 1. The molecule has 0 saturated heterocycles. The lowest BCUT2D eigenvalue weighted by molar-refractivity contribution is 0.468. The van der Waals surface area contributed by atoms with Crippen LogP contribution in [0.4, 0.5) is 0 Å². The molecule has 0 aliphatic heterocycles. The molecule has 0 amide bonds. The first-order chi connectivity index (χ1) is 10.1. The lowest BCUT2D eigenvalue weighted by Gasteiger charge is -2.13. The highest BCUT2D eigenvalue weighted by molar-refractivity contribution is 6.31. The Labute approximate surface area is 131 Å². The zero-order valence-corrected chi connectivity index (χ0v) is 13.4. The molecule has 1 heterocycles. The van der Waals surface area contributed by atoms with E-state index in [2.05, 4.69) is 31.1 Å². The van der Waals surface area contributed by atoms with Gasteiger partial charge in [0, 0.05) is 35.6 Å². The van der Waals surface area contributed by atoms with Gasteiger partial charge in [-0.1, -0.05) is 32.4 Å². The molecule has 2 rings (SSSR count). The summed E-state index contributed by atoms with van der Waals surface area (Å²) in [5.74, 6) is 1.62. The lowest BCUT2D eigenvalue weighted by Crippen LogP contribution is -2.22. The van der Waals surface area contributed by atoms with Gasteiger partial charge in [0.1, 0.15) is 11.5 Å². The van der Waals surface area contributed by atoms with Gasteiger partial charge in [-0.05, 0) is 36.2 Å². The molecule has 0 spiro atoms. The molecule has 0 aliphatic carbocycles. The predicted molar refractivity (Wildman–Crippen MR) is 87.1 cm³/mol. The second-order valence-corrected chi connectivity index (χ2v) is 5.64. The second kappa shape index (κ2) is 7.43. The van der Waals surface area contributed by atoms with E-state index in [1.54, 1.807) is 6.20 Å². The molecule has 4 heteroatoms. The first-order valence-corrected chi connectivity index (χ1v) is 7.60. The summed E-state index contributed by atoms with van der Waals surface area (Å²) in [5.41, 5.74) is 2.13. The van der Waals surface area contributed by atoms with Gasteiger partial charge in [0.15, 0.2) is 0 Å². The van der Waals surface area contributed by atoms with E-state index in [0.29, 0.717) is 6.04 Å². The molecule has 0 radical (unpaired) electrons. The van der Waals surface area contributed by atoms with Crippen LogP contribution in [0.1, 0.15) is 31.9 Å². The lowest BCUT2D eigenvalue weighted by atomic mass is 10.1. The number of nitrogens with zero attached hydrogens (tertiary/aromatic N) is 1. The molecular weight excluding hydrogens is 284 g/mol. The predicted octanol–water partition coefficient (Wildman–Crippen LogP) is 4.59. The van der Waals surface area contributed by atoms with Crippen LogP contribution >= 0.6 is 11.6 Å². The molecule has 3 nitrogen and oxygen atoms in total. The summed E-state index contributed by atoms with van der Waals surface area (Å²) < 4.78 is 6.00. The molecule has 112 valence electrons. The van der Waals surface area contributed by atoms with Crippen LogP contribution in [0.2, 0.25) is 5.02 Å². The number of ether oxygens (including phenoxy) is 1. The summed E-state index contributed by atoms with van der Waals surface area (Å²) in [7, 11) is 0. The number of hydrogen-bond acceptors (Lipinski definition) is 3. The normalized spacial score (nSPS) is 10.9. The number of pyridine rings is 1. The molecule has 0 aliphatic rings. The van der Waals surface area contributed by atoms with Gasteiger partial charge in [-0.15, -0.1) is 0 Å². The largest absolute Gasteiger partial charge is 0.457 e. The standard InChI is InChI=1S/C17H21ClN2O/c1-4-13-9-15(5-6-16(13)18)21-17-7-8-19-10-14(17)11-20-12(2)3/h5-10,12,20H,4,11H2,1-3H3. The quantitative estimate of drug-likeness (QED) is 0.847. The maximum Gasteiger partial charge on any atom is 0.134 e. The third-order valence-corrected chi connectivity index (χ3v) is 3.55. The Balaban J connectivity index is 2.19. The molecule has 2 aromatic rings. The van der Waals surface area contributed by atoms with E-state index < -0.39 is 0 Å². The van der Waals surface area contributed by atoms with E-state index in [0.717, 1.165) is 40.6 Å². The maximum atomic E-state index is 6.14. The number of halogens is 1. The van der Waals surface area contributed by atoms with E-state index in [-0.39, 0.29) is 0 Å². The number of hydrogen-bond donors (Lipinski definition) is 1. The molecule has 21 heavy (non-hydrogen) atoms. The Morgan fingerprint density at radius 1 is 1.24 bits per heavy atom. The molecule has 0 bridgehead atoms. The zero-order chi connectivity index (χ0) is 15.2. The van der Waals surface area contributed by atoms with Gasteiger partial charge in [0.2, 0.25) is 0 Å². The first-order valence-electron chi connectivity index (χ1n) is 7.22. The Bertz CT molecular complexity index is 599. The van der Waals surface area contributed by atoms with Crippen LogP contribution in [0, 0.1) is 0 Å². The summed E-state index contributed by atoms with van der Waals surface area (Å²) in [6, 6.07) is 8.06. The number of benzene rings is 1. The average Bonchev–Trinajstić information content (AvgIpc) is 2.48. The highest BCUT2D eigenvalue weighted by Gasteiger charge is 2.07. The topological polar surface area (TPSA) is 34.1 Å². The van der Waals surface area contributed by atoms with Crippen molar-refractivity contribution in [3.05, 3.63) is 52.8 Å². The summed E-state index contributed by atoms with van der Waals surface area (Å²) in [4.78, 5) is 4.17. The summed E-state index contributed by atoms with van der Waals surface area (Å²) in [6.07, 6.45) is 4.46. The Hall–Kier alpha value is -1.58. The summed E-state index contributed by atoms with van der Waals surface area (Å²) in [6.45, 7) is 7.04. The van der Waals surface area contributed by atoms with Crippen molar-refractivity contribution in [2.75, 3.05) is 0 Å². The Morgan fingerprint density at radius 3 is 2.76 bits per heavy atom. The van der Waals surface area contributed by atoms with Crippen molar-refractivity contribution in [1.29, 1.82) is 0 Å². The van der Waals surface area contributed by atoms with Gasteiger partial charge in [0.05, 0.1) is 0 Å².